The van der Waals surface area contributed by atoms with Crippen LogP contribution < -0.4 is 0 Å². The van der Waals surface area contributed by atoms with E-state index in [9.17, 15) is 0 Å². The van der Waals surface area contributed by atoms with E-state index in [0.29, 0.717) is 6.04 Å². The highest BCUT2D eigenvalue weighted by molar-refractivity contribution is 6.64. The minimum atomic E-state index is -2.01. The summed E-state index contributed by atoms with van der Waals surface area (Å²) in [7, 11) is 1.59. The molecule has 14 heavy (non-hydrogen) atoms. The van der Waals surface area contributed by atoms with Gasteiger partial charge < -0.3 is 8.85 Å². The Kier molecular flexibility index (Phi) is 4.57. The summed E-state index contributed by atoms with van der Waals surface area (Å²) < 4.78 is 13.9. The standard InChI is InChI=1S/C10H23NO2Si/c1-5-10(2)11-8-6-7-9-14(11,12-3)13-4/h10H,5-9H2,1-4H3. The molecule has 1 atom stereocenters. The Morgan fingerprint density at radius 3 is 2.43 bits per heavy atom. The van der Waals surface area contributed by atoms with Crippen LogP contribution in [0.5, 0.6) is 0 Å². The molecule has 4 heteroatoms. The van der Waals surface area contributed by atoms with Crippen LogP contribution in [0.3, 0.4) is 0 Å². The van der Waals surface area contributed by atoms with Crippen LogP contribution in [0.25, 0.3) is 0 Å². The van der Waals surface area contributed by atoms with Crippen molar-refractivity contribution in [2.75, 3.05) is 20.8 Å². The summed E-state index contributed by atoms with van der Waals surface area (Å²) in [4.78, 5) is 0. The molecule has 0 aliphatic carbocycles. The number of hydrogen-bond donors (Lipinski definition) is 0. The summed E-state index contributed by atoms with van der Waals surface area (Å²) in [6, 6.07) is 1.70. The van der Waals surface area contributed by atoms with Crippen LogP contribution in [0.4, 0.5) is 0 Å². The van der Waals surface area contributed by atoms with Crippen LogP contribution in [-0.4, -0.2) is 40.1 Å². The molecule has 1 aliphatic heterocycles. The van der Waals surface area contributed by atoms with Crippen molar-refractivity contribution in [1.29, 1.82) is 0 Å². The van der Waals surface area contributed by atoms with Crippen molar-refractivity contribution in [1.82, 2.24) is 4.57 Å². The Morgan fingerprint density at radius 2 is 1.93 bits per heavy atom. The molecule has 0 aromatic rings. The van der Waals surface area contributed by atoms with E-state index in [1.807, 2.05) is 0 Å². The fourth-order valence-electron chi connectivity index (χ4n) is 2.24. The third kappa shape index (κ3) is 2.19. The maximum atomic E-state index is 5.71. The van der Waals surface area contributed by atoms with Gasteiger partial charge in [0.2, 0.25) is 0 Å². The predicted octanol–water partition coefficient (Wildman–Crippen LogP) is 2.11. The average molecular weight is 217 g/mol. The van der Waals surface area contributed by atoms with Crippen molar-refractivity contribution < 1.29 is 8.85 Å². The van der Waals surface area contributed by atoms with Gasteiger partial charge in [-0.3, -0.25) is 4.57 Å². The quantitative estimate of drug-likeness (QED) is 0.673. The van der Waals surface area contributed by atoms with Gasteiger partial charge in [0.05, 0.1) is 0 Å². The van der Waals surface area contributed by atoms with Gasteiger partial charge in [-0.1, -0.05) is 13.8 Å². The summed E-state index contributed by atoms with van der Waals surface area (Å²) in [5.74, 6) is 0. The molecule has 0 bridgehead atoms. The van der Waals surface area contributed by atoms with Gasteiger partial charge in [-0.15, -0.1) is 0 Å². The molecule has 0 radical (unpaired) electrons. The van der Waals surface area contributed by atoms with Crippen LogP contribution >= 0.6 is 0 Å². The first kappa shape index (κ1) is 12.2. The lowest BCUT2D eigenvalue weighted by Gasteiger charge is -2.44. The van der Waals surface area contributed by atoms with Gasteiger partial charge in [0, 0.05) is 26.3 Å². The second-order valence-corrected chi connectivity index (χ2v) is 7.35. The Balaban J connectivity index is 2.76. The van der Waals surface area contributed by atoms with Crippen molar-refractivity contribution in [2.45, 2.75) is 45.2 Å². The van der Waals surface area contributed by atoms with Crippen molar-refractivity contribution in [3.05, 3.63) is 0 Å². The van der Waals surface area contributed by atoms with E-state index in [2.05, 4.69) is 18.4 Å². The molecule has 1 fully saturated rings. The number of hydrogen-bond acceptors (Lipinski definition) is 3. The zero-order valence-corrected chi connectivity index (χ0v) is 10.9. The molecule has 1 saturated heterocycles. The zero-order chi connectivity index (χ0) is 10.6. The highest BCUT2D eigenvalue weighted by Gasteiger charge is 2.46. The summed E-state index contributed by atoms with van der Waals surface area (Å²) in [6.45, 7) is 5.64. The second-order valence-electron chi connectivity index (χ2n) is 4.03. The van der Waals surface area contributed by atoms with Gasteiger partial charge in [0.1, 0.15) is 0 Å². The molecule has 1 unspecified atom stereocenters. The Labute approximate surface area is 88.7 Å². The van der Waals surface area contributed by atoms with E-state index >= 15 is 0 Å². The smallest absolute Gasteiger partial charge is 0.386 e. The Bertz CT molecular complexity index is 174. The molecule has 0 aromatic heterocycles. The van der Waals surface area contributed by atoms with Crippen molar-refractivity contribution in [3.8, 4) is 0 Å². The van der Waals surface area contributed by atoms with Gasteiger partial charge in [0.25, 0.3) is 0 Å². The highest BCUT2D eigenvalue weighted by atomic mass is 28.4. The molecule has 1 rings (SSSR count). The lowest BCUT2D eigenvalue weighted by atomic mass is 10.2. The monoisotopic (exact) mass is 217 g/mol. The molecular weight excluding hydrogens is 194 g/mol. The molecule has 1 aliphatic rings. The first-order valence-electron chi connectivity index (χ1n) is 5.57. The maximum absolute atomic E-state index is 5.71. The maximum Gasteiger partial charge on any atom is 0.427 e. The minimum absolute atomic E-state index is 0.585. The van der Waals surface area contributed by atoms with Gasteiger partial charge in [-0.25, -0.2) is 0 Å². The molecule has 0 amide bonds. The summed E-state index contributed by atoms with van der Waals surface area (Å²) >= 11 is 0. The zero-order valence-electron chi connectivity index (χ0n) is 9.88. The Hall–Kier alpha value is 0.0969. The lowest BCUT2D eigenvalue weighted by Crippen LogP contribution is -2.62. The van der Waals surface area contributed by atoms with E-state index in [-0.39, 0.29) is 0 Å². The first-order valence-corrected chi connectivity index (χ1v) is 7.54. The molecule has 1 heterocycles. The topological polar surface area (TPSA) is 21.7 Å². The van der Waals surface area contributed by atoms with Crippen molar-refractivity contribution in [3.63, 3.8) is 0 Å². The van der Waals surface area contributed by atoms with Crippen LogP contribution in [0.15, 0.2) is 0 Å². The van der Waals surface area contributed by atoms with E-state index in [0.717, 1.165) is 12.6 Å². The molecule has 0 N–H and O–H groups in total. The van der Waals surface area contributed by atoms with Crippen LogP contribution in [0.2, 0.25) is 6.04 Å². The Morgan fingerprint density at radius 1 is 1.29 bits per heavy atom. The SMILES string of the molecule is CCC(C)N1CCCC[Si]1(OC)OC. The third-order valence-corrected chi connectivity index (χ3v) is 7.14. The fraction of sp³-hybridized carbons (Fsp3) is 1.00. The van der Waals surface area contributed by atoms with E-state index in [1.165, 1.54) is 19.3 Å². The predicted molar refractivity (Wildman–Crippen MR) is 60.3 cm³/mol. The second kappa shape index (κ2) is 5.26. The highest BCUT2D eigenvalue weighted by Crippen LogP contribution is 2.28. The largest absolute Gasteiger partial charge is 0.427 e. The molecule has 3 nitrogen and oxygen atoms in total. The van der Waals surface area contributed by atoms with Gasteiger partial charge in [-0.2, -0.15) is 0 Å². The van der Waals surface area contributed by atoms with Gasteiger partial charge >= 0.3 is 8.72 Å². The average Bonchev–Trinajstić information content (AvgIpc) is 2.27. The van der Waals surface area contributed by atoms with Crippen LogP contribution in [0, 0.1) is 0 Å². The molecule has 0 spiro atoms. The van der Waals surface area contributed by atoms with E-state index in [1.54, 1.807) is 14.2 Å². The number of nitrogens with zero attached hydrogens (tertiary/aromatic N) is 1. The molecule has 84 valence electrons. The van der Waals surface area contributed by atoms with E-state index < -0.39 is 8.72 Å². The fourth-order valence-corrected chi connectivity index (χ4v) is 5.62. The summed E-state index contributed by atoms with van der Waals surface area (Å²) in [6.07, 6.45) is 3.70. The number of rotatable bonds is 4. The molecular formula is C10H23NO2Si. The van der Waals surface area contributed by atoms with Crippen LogP contribution in [-0.2, 0) is 8.85 Å². The first-order chi connectivity index (χ1) is 6.70. The van der Waals surface area contributed by atoms with Gasteiger partial charge in [-0.05, 0) is 25.8 Å². The van der Waals surface area contributed by atoms with E-state index in [4.69, 9.17) is 8.85 Å². The third-order valence-electron chi connectivity index (χ3n) is 3.34. The summed E-state index contributed by atoms with van der Waals surface area (Å²) in [5, 5.41) is 0. The molecule has 0 saturated carbocycles. The molecule has 0 aromatic carbocycles. The normalized spacial score (nSPS) is 24.9. The van der Waals surface area contributed by atoms with Crippen molar-refractivity contribution >= 4 is 8.72 Å². The minimum Gasteiger partial charge on any atom is -0.386 e. The summed E-state index contributed by atoms with van der Waals surface area (Å²) in [5.41, 5.74) is 0. The lowest BCUT2D eigenvalue weighted by molar-refractivity contribution is 0.124. The van der Waals surface area contributed by atoms with Gasteiger partial charge in [0.15, 0.2) is 0 Å². The van der Waals surface area contributed by atoms with Crippen molar-refractivity contribution in [2.24, 2.45) is 0 Å². The van der Waals surface area contributed by atoms with Crippen LogP contribution in [0.1, 0.15) is 33.1 Å².